The molecule has 1 aliphatic rings. The molecule has 0 N–H and O–H groups in total. The van der Waals surface area contributed by atoms with E-state index in [-0.39, 0.29) is 11.1 Å². The summed E-state index contributed by atoms with van der Waals surface area (Å²) in [6.45, 7) is 0. The second-order valence-electron chi connectivity index (χ2n) is 4.72. The highest BCUT2D eigenvalue weighted by Gasteiger charge is 2.39. The average molecular weight is 335 g/mol. The lowest BCUT2D eigenvalue weighted by Crippen LogP contribution is -2.32. The zero-order valence-corrected chi connectivity index (χ0v) is 12.5. The lowest BCUT2D eigenvalue weighted by Gasteiger charge is -2.11. The van der Waals surface area contributed by atoms with Crippen LogP contribution in [0, 0.1) is 0 Å². The Balaban J connectivity index is 1.83. The first-order chi connectivity index (χ1) is 10.8. The quantitative estimate of drug-likeness (QED) is 0.771. The van der Waals surface area contributed by atoms with Gasteiger partial charge in [0.15, 0.2) is 0 Å². The van der Waals surface area contributed by atoms with E-state index in [0.29, 0.717) is 5.06 Å². The van der Waals surface area contributed by atoms with Gasteiger partial charge in [-0.15, -0.1) is 0 Å². The third-order valence-corrected chi connectivity index (χ3v) is 4.03. The molecule has 3 rings (SSSR count). The minimum atomic E-state index is -3.63. The molecule has 0 radical (unpaired) electrons. The smallest absolute Gasteiger partial charge is 0.399 e. The summed E-state index contributed by atoms with van der Waals surface area (Å²) < 4.78 is 27.5. The van der Waals surface area contributed by atoms with E-state index < -0.39 is 38.5 Å². The third kappa shape index (κ3) is 2.50. The molecule has 1 aromatic heterocycles. The Morgan fingerprint density at radius 1 is 1.04 bits per heavy atom. The second kappa shape index (κ2) is 5.06. The van der Waals surface area contributed by atoms with Crippen LogP contribution in [0.1, 0.15) is 31.3 Å². The summed E-state index contributed by atoms with van der Waals surface area (Å²) in [6, 6.07) is 8.15. The predicted octanol–water partition coefficient (Wildman–Crippen LogP) is 1.05. The van der Waals surface area contributed by atoms with Crippen molar-refractivity contribution in [2.75, 3.05) is 6.26 Å². The maximum atomic E-state index is 12.0. The average Bonchev–Trinajstić information content (AvgIpc) is 3.08. The zero-order valence-electron chi connectivity index (χ0n) is 11.7. The minimum absolute atomic E-state index is 0.113. The summed E-state index contributed by atoms with van der Waals surface area (Å²) in [6.07, 6.45) is 0.908. The molecule has 23 heavy (non-hydrogen) atoms. The Labute approximate surface area is 130 Å². The Bertz CT molecular complexity index is 907. The largest absolute Gasteiger partial charge is 0.438 e. The van der Waals surface area contributed by atoms with Gasteiger partial charge in [-0.2, -0.15) is 0 Å². The fourth-order valence-corrected chi connectivity index (χ4v) is 2.56. The molecule has 9 heteroatoms. The first-order valence-corrected chi connectivity index (χ1v) is 8.18. The second-order valence-corrected chi connectivity index (χ2v) is 6.67. The van der Waals surface area contributed by atoms with E-state index in [1.165, 1.54) is 12.1 Å². The molecule has 0 saturated heterocycles. The van der Waals surface area contributed by atoms with Gasteiger partial charge in [0.05, 0.1) is 11.1 Å². The van der Waals surface area contributed by atoms with Crippen LogP contribution in [0.3, 0.4) is 0 Å². The van der Waals surface area contributed by atoms with Gasteiger partial charge in [-0.3, -0.25) is 9.59 Å². The SMILES string of the molecule is CS(=O)(=O)c1ccc(C(=O)ON2C(=O)c3ccccc3C2=O)o1. The topological polar surface area (TPSA) is 111 Å². The summed E-state index contributed by atoms with van der Waals surface area (Å²) in [5.41, 5.74) is 0.225. The van der Waals surface area contributed by atoms with Gasteiger partial charge in [0.2, 0.25) is 20.7 Å². The van der Waals surface area contributed by atoms with Gasteiger partial charge < -0.3 is 9.25 Å². The van der Waals surface area contributed by atoms with E-state index in [9.17, 15) is 22.8 Å². The van der Waals surface area contributed by atoms with E-state index >= 15 is 0 Å². The molecule has 118 valence electrons. The predicted molar refractivity (Wildman–Crippen MR) is 74.2 cm³/mol. The number of benzene rings is 1. The molecule has 0 saturated carbocycles. The van der Waals surface area contributed by atoms with Gasteiger partial charge in [0, 0.05) is 6.26 Å². The van der Waals surface area contributed by atoms with Gasteiger partial charge >= 0.3 is 5.97 Å². The number of hydrogen-bond donors (Lipinski definition) is 0. The molecule has 0 unspecified atom stereocenters. The number of rotatable bonds is 3. The minimum Gasteiger partial charge on any atom is -0.438 e. The number of amides is 2. The number of hydroxylamine groups is 2. The van der Waals surface area contributed by atoms with E-state index in [0.717, 1.165) is 18.4 Å². The van der Waals surface area contributed by atoms with E-state index in [2.05, 4.69) is 0 Å². The van der Waals surface area contributed by atoms with Crippen LogP contribution in [0.4, 0.5) is 0 Å². The fourth-order valence-electron chi connectivity index (χ4n) is 2.01. The number of furan rings is 1. The highest BCUT2D eigenvalue weighted by Crippen LogP contribution is 2.24. The number of nitrogens with zero attached hydrogens (tertiary/aromatic N) is 1. The van der Waals surface area contributed by atoms with Crippen LogP contribution in [-0.2, 0) is 14.7 Å². The molecule has 0 atom stereocenters. The van der Waals surface area contributed by atoms with Crippen molar-refractivity contribution >= 4 is 27.6 Å². The fraction of sp³-hybridized carbons (Fsp3) is 0.0714. The van der Waals surface area contributed by atoms with Crippen molar-refractivity contribution in [3.8, 4) is 0 Å². The van der Waals surface area contributed by atoms with Crippen LogP contribution in [0.15, 0.2) is 45.9 Å². The number of imide groups is 1. The third-order valence-electron chi connectivity index (χ3n) is 3.08. The Morgan fingerprint density at radius 2 is 1.61 bits per heavy atom. The molecule has 0 aliphatic carbocycles. The van der Waals surface area contributed by atoms with Crippen LogP contribution in [0.5, 0.6) is 0 Å². The van der Waals surface area contributed by atoms with Crippen LogP contribution in [0.2, 0.25) is 0 Å². The molecule has 0 spiro atoms. The molecule has 8 nitrogen and oxygen atoms in total. The van der Waals surface area contributed by atoms with Crippen LogP contribution in [0.25, 0.3) is 0 Å². The number of carbonyl (C=O) groups excluding carboxylic acids is 3. The maximum absolute atomic E-state index is 12.0. The first-order valence-electron chi connectivity index (χ1n) is 6.29. The molecule has 2 aromatic rings. The maximum Gasteiger partial charge on any atom is 0.399 e. The van der Waals surface area contributed by atoms with Gasteiger partial charge in [-0.05, 0) is 24.3 Å². The van der Waals surface area contributed by atoms with Crippen molar-refractivity contribution < 1.29 is 32.1 Å². The van der Waals surface area contributed by atoms with E-state index in [4.69, 9.17) is 9.25 Å². The van der Waals surface area contributed by atoms with Crippen LogP contribution < -0.4 is 0 Å². The highest BCUT2D eigenvalue weighted by atomic mass is 32.2. The summed E-state index contributed by atoms with van der Waals surface area (Å²) in [4.78, 5) is 40.7. The number of fused-ring (bicyclic) bond motifs is 1. The molecular weight excluding hydrogens is 326 g/mol. The summed E-state index contributed by atoms with van der Waals surface area (Å²) >= 11 is 0. The summed E-state index contributed by atoms with van der Waals surface area (Å²) in [7, 11) is -3.63. The van der Waals surface area contributed by atoms with Crippen molar-refractivity contribution in [1.29, 1.82) is 0 Å². The standard InChI is InChI=1S/C14H9NO7S/c1-23(19,20)11-7-6-10(21-11)14(18)22-15-12(16)8-4-2-3-5-9(8)13(15)17/h2-7H,1H3. The Kier molecular flexibility index (Phi) is 3.29. The molecule has 2 amide bonds. The zero-order chi connectivity index (χ0) is 16.8. The monoisotopic (exact) mass is 335 g/mol. The molecule has 1 aliphatic heterocycles. The van der Waals surface area contributed by atoms with Crippen LogP contribution in [-0.4, -0.2) is 37.5 Å². The Morgan fingerprint density at radius 3 is 2.09 bits per heavy atom. The van der Waals surface area contributed by atoms with Crippen molar-refractivity contribution in [1.82, 2.24) is 5.06 Å². The van der Waals surface area contributed by atoms with Gasteiger partial charge in [0.25, 0.3) is 11.8 Å². The van der Waals surface area contributed by atoms with Crippen molar-refractivity contribution in [3.05, 3.63) is 53.3 Å². The van der Waals surface area contributed by atoms with Gasteiger partial charge in [-0.25, -0.2) is 13.2 Å². The summed E-state index contributed by atoms with van der Waals surface area (Å²) in [5.74, 6) is -3.17. The molecule has 2 heterocycles. The lowest BCUT2D eigenvalue weighted by atomic mass is 10.1. The van der Waals surface area contributed by atoms with Gasteiger partial charge in [0.1, 0.15) is 0 Å². The summed E-state index contributed by atoms with van der Waals surface area (Å²) in [5, 5.41) is -0.109. The first kappa shape index (κ1) is 15.0. The van der Waals surface area contributed by atoms with Crippen LogP contribution >= 0.6 is 0 Å². The lowest BCUT2D eigenvalue weighted by molar-refractivity contribution is -0.0605. The van der Waals surface area contributed by atoms with Crippen molar-refractivity contribution in [3.63, 3.8) is 0 Å². The van der Waals surface area contributed by atoms with E-state index in [1.54, 1.807) is 12.1 Å². The molecule has 0 bridgehead atoms. The highest BCUT2D eigenvalue weighted by molar-refractivity contribution is 7.90. The normalized spacial score (nSPS) is 14.0. The molecule has 1 aromatic carbocycles. The van der Waals surface area contributed by atoms with E-state index in [1.807, 2.05) is 0 Å². The molecule has 0 fully saturated rings. The van der Waals surface area contributed by atoms with Crippen molar-refractivity contribution in [2.45, 2.75) is 5.09 Å². The number of sulfone groups is 1. The Hall–Kier alpha value is -2.94. The molecular formula is C14H9NO7S. The number of hydrogen-bond acceptors (Lipinski definition) is 7. The van der Waals surface area contributed by atoms with Gasteiger partial charge in [-0.1, -0.05) is 17.2 Å². The number of carbonyl (C=O) groups is 3. The van der Waals surface area contributed by atoms with Crippen molar-refractivity contribution in [2.24, 2.45) is 0 Å².